The van der Waals surface area contributed by atoms with Crippen LogP contribution in [0.4, 0.5) is 0 Å². The van der Waals surface area contributed by atoms with Crippen LogP contribution in [0, 0.1) is 0 Å². The second kappa shape index (κ2) is 3.74. The topological polar surface area (TPSA) is 57.2 Å². The van der Waals surface area contributed by atoms with E-state index in [-0.39, 0.29) is 5.78 Å². The van der Waals surface area contributed by atoms with Crippen LogP contribution in [-0.4, -0.2) is 42.5 Å². The van der Waals surface area contributed by atoms with Gasteiger partial charge in [0.1, 0.15) is 31.3 Å². The van der Waals surface area contributed by atoms with E-state index in [1.807, 2.05) is 0 Å². The molecule has 0 bridgehead atoms. The molecule has 0 unspecified atom stereocenters. The van der Waals surface area contributed by atoms with Crippen molar-refractivity contribution in [3.05, 3.63) is 24.2 Å². The summed E-state index contributed by atoms with van der Waals surface area (Å²) in [6.45, 7) is 4.25. The number of nitrogens with zero attached hydrogens (tertiary/aromatic N) is 3. The van der Waals surface area contributed by atoms with Crippen molar-refractivity contribution in [3.63, 3.8) is 0 Å². The monoisotopic (exact) mass is 208 g/mol. The summed E-state index contributed by atoms with van der Waals surface area (Å²) < 4.78 is 5.17. The molecule has 15 heavy (non-hydrogen) atoms. The van der Waals surface area contributed by atoms with Gasteiger partial charge in [-0.15, -0.1) is 0 Å². The molecule has 0 saturated carbocycles. The number of nitrogens with one attached hydrogen (secondary N) is 1. The number of allylic oxidation sites excluding steroid dienone is 1. The molecule has 1 fully saturated rings. The van der Waals surface area contributed by atoms with Crippen molar-refractivity contribution in [1.29, 1.82) is 0 Å². The van der Waals surface area contributed by atoms with Gasteiger partial charge in [0.25, 0.3) is 0 Å². The number of rotatable bonds is 2. The number of carbonyl (C=O) groups is 1. The van der Waals surface area contributed by atoms with Gasteiger partial charge in [0, 0.05) is 7.05 Å². The molecule has 80 valence electrons. The predicted molar refractivity (Wildman–Crippen MR) is 54.3 cm³/mol. The highest BCUT2D eigenvalue weighted by atomic mass is 16.5. The third kappa shape index (κ3) is 1.59. The van der Waals surface area contributed by atoms with Crippen molar-refractivity contribution in [2.24, 2.45) is 5.10 Å². The zero-order valence-corrected chi connectivity index (χ0v) is 8.43. The van der Waals surface area contributed by atoms with Crippen molar-refractivity contribution in [3.8, 4) is 0 Å². The van der Waals surface area contributed by atoms with Crippen LogP contribution in [0.15, 0.2) is 29.3 Å². The Morgan fingerprint density at radius 2 is 2.60 bits per heavy atom. The maximum absolute atomic E-state index is 11.6. The van der Waals surface area contributed by atoms with Crippen molar-refractivity contribution in [2.45, 2.75) is 0 Å². The Balaban J connectivity index is 2.39. The Morgan fingerprint density at radius 3 is 3.33 bits per heavy atom. The minimum absolute atomic E-state index is 0.163. The normalized spacial score (nSPS) is 19.8. The SMILES string of the molecule is C=CC(=O)C1=C2NCOCN2C=NN1C. The smallest absolute Gasteiger partial charge is 0.206 e. The third-order valence-corrected chi connectivity index (χ3v) is 2.19. The van der Waals surface area contributed by atoms with Gasteiger partial charge in [-0.05, 0) is 6.08 Å². The Hall–Kier alpha value is -1.82. The Morgan fingerprint density at radius 1 is 1.80 bits per heavy atom. The number of hydrogen-bond acceptors (Lipinski definition) is 6. The fourth-order valence-electron chi connectivity index (χ4n) is 1.46. The molecule has 0 atom stereocenters. The van der Waals surface area contributed by atoms with Crippen LogP contribution >= 0.6 is 0 Å². The Labute approximate surface area is 87.5 Å². The van der Waals surface area contributed by atoms with Crippen molar-refractivity contribution in [1.82, 2.24) is 15.2 Å². The van der Waals surface area contributed by atoms with Gasteiger partial charge < -0.3 is 10.1 Å². The van der Waals surface area contributed by atoms with E-state index in [4.69, 9.17) is 4.74 Å². The average molecular weight is 208 g/mol. The molecule has 6 nitrogen and oxygen atoms in total. The zero-order chi connectivity index (χ0) is 10.8. The van der Waals surface area contributed by atoms with Crippen molar-refractivity contribution in [2.75, 3.05) is 20.5 Å². The minimum atomic E-state index is -0.163. The van der Waals surface area contributed by atoms with Crippen LogP contribution in [0.3, 0.4) is 0 Å². The standard InChI is InChI=1S/C9H12N4O2/c1-3-7(14)8-9-10-5-15-6-13(9)4-11-12(8)2/h3-4,10H,1,5-6H2,2H3. The van der Waals surface area contributed by atoms with E-state index in [0.717, 1.165) is 0 Å². The number of hydrogen-bond donors (Lipinski definition) is 1. The second-order valence-corrected chi connectivity index (χ2v) is 3.14. The number of likely N-dealkylation sites (N-methyl/N-ethyl adjacent to an activating group) is 1. The quantitative estimate of drug-likeness (QED) is 0.628. The van der Waals surface area contributed by atoms with Crippen LogP contribution in [0.5, 0.6) is 0 Å². The molecule has 2 aliphatic rings. The molecule has 6 heteroatoms. The van der Waals surface area contributed by atoms with E-state index in [1.165, 1.54) is 11.1 Å². The van der Waals surface area contributed by atoms with Gasteiger partial charge in [-0.25, -0.2) is 0 Å². The molecule has 2 aliphatic heterocycles. The molecular weight excluding hydrogens is 196 g/mol. The summed E-state index contributed by atoms with van der Waals surface area (Å²) >= 11 is 0. The van der Waals surface area contributed by atoms with Gasteiger partial charge in [0.15, 0.2) is 0 Å². The molecule has 2 rings (SSSR count). The Bertz CT molecular complexity index is 361. The predicted octanol–water partition coefficient (Wildman–Crippen LogP) is -0.364. The first-order chi connectivity index (χ1) is 7.24. The second-order valence-electron chi connectivity index (χ2n) is 3.14. The lowest BCUT2D eigenvalue weighted by Crippen LogP contribution is -2.46. The van der Waals surface area contributed by atoms with Gasteiger partial charge >= 0.3 is 0 Å². The maximum Gasteiger partial charge on any atom is 0.206 e. The van der Waals surface area contributed by atoms with Gasteiger partial charge in [-0.2, -0.15) is 5.10 Å². The van der Waals surface area contributed by atoms with Crippen LogP contribution < -0.4 is 5.32 Å². The molecule has 0 aromatic carbocycles. The molecule has 0 radical (unpaired) electrons. The number of hydrazone groups is 1. The molecule has 1 saturated heterocycles. The van der Waals surface area contributed by atoms with Gasteiger partial charge in [0.05, 0.1) is 0 Å². The summed E-state index contributed by atoms with van der Waals surface area (Å²) in [7, 11) is 1.72. The van der Waals surface area contributed by atoms with Gasteiger partial charge in [-0.3, -0.25) is 14.7 Å². The summed E-state index contributed by atoms with van der Waals surface area (Å²) in [6.07, 6.45) is 2.89. The first kappa shape index (κ1) is 9.72. The van der Waals surface area contributed by atoms with Crippen LogP contribution in [0.1, 0.15) is 0 Å². The van der Waals surface area contributed by atoms with E-state index in [9.17, 15) is 4.79 Å². The molecule has 1 N–H and O–H groups in total. The van der Waals surface area contributed by atoms with E-state index in [1.54, 1.807) is 18.3 Å². The highest BCUT2D eigenvalue weighted by Gasteiger charge is 2.27. The lowest BCUT2D eigenvalue weighted by Gasteiger charge is -2.35. The number of carbonyl (C=O) groups excluding carboxylic acids is 1. The lowest BCUT2D eigenvalue weighted by molar-refractivity contribution is -0.113. The van der Waals surface area contributed by atoms with E-state index in [0.29, 0.717) is 25.0 Å². The molecule has 0 spiro atoms. The first-order valence-electron chi connectivity index (χ1n) is 4.51. The molecule has 0 aromatic heterocycles. The molecule has 0 aromatic rings. The fourth-order valence-corrected chi connectivity index (χ4v) is 1.46. The van der Waals surface area contributed by atoms with Crippen molar-refractivity contribution >= 4 is 12.1 Å². The number of fused-ring (bicyclic) bond motifs is 1. The summed E-state index contributed by atoms with van der Waals surface area (Å²) in [5, 5.41) is 8.57. The van der Waals surface area contributed by atoms with Crippen molar-refractivity contribution < 1.29 is 9.53 Å². The third-order valence-electron chi connectivity index (χ3n) is 2.19. The summed E-state index contributed by atoms with van der Waals surface area (Å²) in [6, 6.07) is 0. The number of ketones is 1. The largest absolute Gasteiger partial charge is 0.347 e. The average Bonchev–Trinajstić information content (AvgIpc) is 2.28. The van der Waals surface area contributed by atoms with E-state index in [2.05, 4.69) is 17.0 Å². The van der Waals surface area contributed by atoms with E-state index >= 15 is 0 Å². The highest BCUT2D eigenvalue weighted by molar-refractivity contribution is 6.04. The summed E-state index contributed by atoms with van der Waals surface area (Å²) in [5.74, 6) is 0.549. The molecule has 0 amide bonds. The lowest BCUT2D eigenvalue weighted by atomic mass is 10.2. The van der Waals surface area contributed by atoms with Crippen LogP contribution in [-0.2, 0) is 9.53 Å². The van der Waals surface area contributed by atoms with Gasteiger partial charge in [-0.1, -0.05) is 6.58 Å². The van der Waals surface area contributed by atoms with Gasteiger partial charge in [0.2, 0.25) is 5.78 Å². The fraction of sp³-hybridized carbons (Fsp3) is 0.333. The first-order valence-corrected chi connectivity index (χ1v) is 4.51. The van der Waals surface area contributed by atoms with Crippen LogP contribution in [0.25, 0.3) is 0 Å². The zero-order valence-electron chi connectivity index (χ0n) is 8.43. The van der Waals surface area contributed by atoms with Crippen LogP contribution in [0.2, 0.25) is 0 Å². The maximum atomic E-state index is 11.6. The molecule has 2 heterocycles. The van der Waals surface area contributed by atoms with E-state index < -0.39 is 0 Å². The Kier molecular flexibility index (Phi) is 2.42. The highest BCUT2D eigenvalue weighted by Crippen LogP contribution is 2.18. The summed E-state index contributed by atoms with van der Waals surface area (Å²) in [5.41, 5.74) is 0.482. The number of ether oxygens (including phenoxy) is 1. The molecule has 0 aliphatic carbocycles. The minimum Gasteiger partial charge on any atom is -0.347 e. The summed E-state index contributed by atoms with van der Waals surface area (Å²) in [4.78, 5) is 13.4. The molecular formula is C9H12N4O2.